The van der Waals surface area contributed by atoms with Gasteiger partial charge in [-0.05, 0) is 41.4 Å². The highest BCUT2D eigenvalue weighted by Crippen LogP contribution is 2.22. The lowest BCUT2D eigenvalue weighted by molar-refractivity contribution is -0.119. The van der Waals surface area contributed by atoms with Gasteiger partial charge in [0.25, 0.3) is 0 Å². The number of nitrogens with zero attached hydrogens (tertiary/aromatic N) is 1. The molecule has 1 aromatic carbocycles. The Labute approximate surface area is 109 Å². The summed E-state index contributed by atoms with van der Waals surface area (Å²) in [6.45, 7) is 4.59. The Bertz CT molecular complexity index is 409. The van der Waals surface area contributed by atoms with Gasteiger partial charge in [0.15, 0.2) is 0 Å². The lowest BCUT2D eigenvalue weighted by Crippen LogP contribution is -2.38. The maximum absolute atomic E-state index is 13.3. The summed E-state index contributed by atoms with van der Waals surface area (Å²) in [5.41, 5.74) is 5.99. The predicted molar refractivity (Wildman–Crippen MR) is 68.8 cm³/mol. The van der Waals surface area contributed by atoms with E-state index in [2.05, 4.69) is 15.9 Å². The van der Waals surface area contributed by atoms with Gasteiger partial charge in [0.05, 0.1) is 11.0 Å². The van der Waals surface area contributed by atoms with Crippen molar-refractivity contribution in [2.45, 2.75) is 26.4 Å². The largest absolute Gasteiger partial charge is 0.369 e. The Kier molecular flexibility index (Phi) is 5.08. The maximum atomic E-state index is 13.3. The second-order valence-electron chi connectivity index (χ2n) is 4.18. The number of rotatable bonds is 5. The van der Waals surface area contributed by atoms with E-state index in [1.54, 1.807) is 6.07 Å². The molecule has 0 radical (unpaired) electrons. The lowest BCUT2D eigenvalue weighted by Gasteiger charge is -2.25. The fourth-order valence-electron chi connectivity index (χ4n) is 1.51. The first-order chi connectivity index (χ1) is 7.91. The van der Waals surface area contributed by atoms with Crippen molar-refractivity contribution in [2.24, 2.45) is 5.73 Å². The molecule has 0 fully saturated rings. The van der Waals surface area contributed by atoms with Crippen molar-refractivity contribution in [3.05, 3.63) is 34.1 Å². The minimum absolute atomic E-state index is 0.165. The van der Waals surface area contributed by atoms with Crippen molar-refractivity contribution in [2.75, 3.05) is 6.54 Å². The van der Waals surface area contributed by atoms with Gasteiger partial charge in [-0.15, -0.1) is 0 Å². The molecule has 0 bridgehead atoms. The molecular weight excluding hydrogens is 287 g/mol. The highest BCUT2D eigenvalue weighted by atomic mass is 79.9. The smallest absolute Gasteiger partial charge is 0.231 e. The molecule has 0 saturated heterocycles. The first-order valence-corrected chi connectivity index (χ1v) is 6.16. The molecule has 1 amide bonds. The Morgan fingerprint density at radius 2 is 2.18 bits per heavy atom. The van der Waals surface area contributed by atoms with E-state index in [0.717, 1.165) is 5.56 Å². The molecule has 94 valence electrons. The van der Waals surface area contributed by atoms with Crippen LogP contribution in [0.15, 0.2) is 22.7 Å². The third kappa shape index (κ3) is 4.09. The van der Waals surface area contributed by atoms with Crippen molar-refractivity contribution in [1.82, 2.24) is 4.90 Å². The lowest BCUT2D eigenvalue weighted by atomic mass is 10.2. The van der Waals surface area contributed by atoms with Gasteiger partial charge in [0.2, 0.25) is 5.91 Å². The third-order valence-corrected chi connectivity index (χ3v) is 3.38. The van der Waals surface area contributed by atoms with Crippen molar-refractivity contribution in [3.63, 3.8) is 0 Å². The standard InChI is InChI=1S/C12H16BrFN2O/c1-8(2)16(7-11(15)17)6-9-4-3-5-10(14)12(9)13/h3-5,8H,6-7H2,1-2H3,(H2,15,17). The number of nitrogens with two attached hydrogens (primary N) is 1. The Balaban J connectivity index is 2.86. The normalized spacial score (nSPS) is 11.2. The van der Waals surface area contributed by atoms with Crippen molar-refractivity contribution in [1.29, 1.82) is 0 Å². The number of primary amides is 1. The Morgan fingerprint density at radius 3 is 2.71 bits per heavy atom. The molecule has 1 rings (SSSR count). The Hall–Kier alpha value is -0.940. The van der Waals surface area contributed by atoms with E-state index in [4.69, 9.17) is 5.73 Å². The van der Waals surface area contributed by atoms with E-state index in [0.29, 0.717) is 11.0 Å². The van der Waals surface area contributed by atoms with E-state index >= 15 is 0 Å². The second-order valence-corrected chi connectivity index (χ2v) is 4.97. The SMILES string of the molecule is CC(C)N(CC(N)=O)Cc1cccc(F)c1Br. The van der Waals surface area contributed by atoms with Crippen molar-refractivity contribution >= 4 is 21.8 Å². The van der Waals surface area contributed by atoms with Crippen molar-refractivity contribution < 1.29 is 9.18 Å². The zero-order valence-corrected chi connectivity index (χ0v) is 11.5. The number of carbonyl (C=O) groups excluding carboxylic acids is 1. The number of carbonyl (C=O) groups is 1. The molecule has 3 nitrogen and oxygen atoms in total. The maximum Gasteiger partial charge on any atom is 0.231 e. The average Bonchev–Trinajstić information content (AvgIpc) is 2.22. The minimum Gasteiger partial charge on any atom is -0.369 e. The number of halogens is 2. The van der Waals surface area contributed by atoms with E-state index in [1.165, 1.54) is 6.07 Å². The molecule has 1 aromatic rings. The van der Waals surface area contributed by atoms with E-state index < -0.39 is 0 Å². The van der Waals surface area contributed by atoms with E-state index in [-0.39, 0.29) is 24.3 Å². The summed E-state index contributed by atoms with van der Waals surface area (Å²) in [6.07, 6.45) is 0. The summed E-state index contributed by atoms with van der Waals surface area (Å²) in [5, 5.41) is 0. The van der Waals surface area contributed by atoms with Crippen LogP contribution in [0.25, 0.3) is 0 Å². The molecule has 0 unspecified atom stereocenters. The van der Waals surface area contributed by atoms with Crippen LogP contribution in [0.1, 0.15) is 19.4 Å². The van der Waals surface area contributed by atoms with Gasteiger partial charge in [-0.2, -0.15) is 0 Å². The first-order valence-electron chi connectivity index (χ1n) is 5.37. The fourth-order valence-corrected chi connectivity index (χ4v) is 1.90. The summed E-state index contributed by atoms with van der Waals surface area (Å²) >= 11 is 3.21. The van der Waals surface area contributed by atoms with Crippen molar-refractivity contribution in [3.8, 4) is 0 Å². The zero-order valence-electron chi connectivity index (χ0n) is 9.91. The van der Waals surface area contributed by atoms with Gasteiger partial charge in [-0.25, -0.2) is 4.39 Å². The van der Waals surface area contributed by atoms with Crippen LogP contribution in [0.3, 0.4) is 0 Å². The summed E-state index contributed by atoms with van der Waals surface area (Å²) in [6, 6.07) is 5.03. The summed E-state index contributed by atoms with van der Waals surface area (Å²) in [5.74, 6) is -0.684. The number of benzene rings is 1. The molecular formula is C12H16BrFN2O. The average molecular weight is 303 g/mol. The molecule has 0 aliphatic heterocycles. The van der Waals surface area contributed by atoms with Crippen LogP contribution in [0, 0.1) is 5.82 Å². The van der Waals surface area contributed by atoms with Crippen LogP contribution in [0.5, 0.6) is 0 Å². The zero-order chi connectivity index (χ0) is 13.0. The molecule has 17 heavy (non-hydrogen) atoms. The van der Waals surface area contributed by atoms with Gasteiger partial charge >= 0.3 is 0 Å². The fraction of sp³-hybridized carbons (Fsp3) is 0.417. The molecule has 0 aliphatic rings. The molecule has 0 aromatic heterocycles. The Morgan fingerprint density at radius 1 is 1.53 bits per heavy atom. The predicted octanol–water partition coefficient (Wildman–Crippen LogP) is 2.28. The topological polar surface area (TPSA) is 46.3 Å². The highest BCUT2D eigenvalue weighted by molar-refractivity contribution is 9.10. The summed E-state index contributed by atoms with van der Waals surface area (Å²) in [7, 11) is 0. The molecule has 0 heterocycles. The highest BCUT2D eigenvalue weighted by Gasteiger charge is 2.15. The molecule has 0 aliphatic carbocycles. The van der Waals surface area contributed by atoms with Crippen LogP contribution >= 0.6 is 15.9 Å². The van der Waals surface area contributed by atoms with Gasteiger partial charge in [-0.3, -0.25) is 9.69 Å². The molecule has 0 atom stereocenters. The molecule has 0 spiro atoms. The number of hydrogen-bond acceptors (Lipinski definition) is 2. The van der Waals surface area contributed by atoms with Crippen LogP contribution in [-0.2, 0) is 11.3 Å². The van der Waals surface area contributed by atoms with Gasteiger partial charge in [0, 0.05) is 12.6 Å². The monoisotopic (exact) mass is 302 g/mol. The summed E-state index contributed by atoms with van der Waals surface area (Å²) in [4.78, 5) is 12.8. The number of amides is 1. The van der Waals surface area contributed by atoms with Crippen LogP contribution < -0.4 is 5.73 Å². The number of hydrogen-bond donors (Lipinski definition) is 1. The quantitative estimate of drug-likeness (QED) is 0.907. The molecule has 5 heteroatoms. The van der Waals surface area contributed by atoms with Crippen LogP contribution in [0.2, 0.25) is 0 Å². The van der Waals surface area contributed by atoms with Gasteiger partial charge < -0.3 is 5.73 Å². The second kappa shape index (κ2) is 6.12. The molecule has 2 N–H and O–H groups in total. The van der Waals surface area contributed by atoms with Gasteiger partial charge in [0.1, 0.15) is 5.82 Å². The van der Waals surface area contributed by atoms with E-state index in [9.17, 15) is 9.18 Å². The minimum atomic E-state index is -0.383. The van der Waals surface area contributed by atoms with Gasteiger partial charge in [-0.1, -0.05) is 12.1 Å². The van der Waals surface area contributed by atoms with E-state index in [1.807, 2.05) is 24.8 Å². The van der Waals surface area contributed by atoms with Crippen LogP contribution in [-0.4, -0.2) is 23.4 Å². The summed E-state index contributed by atoms with van der Waals surface area (Å²) < 4.78 is 13.8. The first kappa shape index (κ1) is 14.1. The van der Waals surface area contributed by atoms with Crippen LogP contribution in [0.4, 0.5) is 4.39 Å². The third-order valence-electron chi connectivity index (χ3n) is 2.49. The molecule has 0 saturated carbocycles.